The molecular formula is C18H14O2. The first-order valence-electron chi connectivity index (χ1n) is 6.43. The zero-order chi connectivity index (χ0) is 13.8. The first-order chi connectivity index (χ1) is 9.84. The summed E-state index contributed by atoms with van der Waals surface area (Å²) in [4.78, 5) is 0. The van der Waals surface area contributed by atoms with Gasteiger partial charge in [0.15, 0.2) is 0 Å². The zero-order valence-electron chi connectivity index (χ0n) is 10.9. The van der Waals surface area contributed by atoms with Gasteiger partial charge in [0.25, 0.3) is 0 Å². The van der Waals surface area contributed by atoms with E-state index in [1.165, 1.54) is 0 Å². The molecule has 4 aromatic rings. The molecule has 20 heavy (non-hydrogen) atoms. The Kier molecular flexibility index (Phi) is 3.38. The number of benzene rings is 3. The van der Waals surface area contributed by atoms with Gasteiger partial charge >= 0.3 is 0 Å². The van der Waals surface area contributed by atoms with Crippen LogP contribution in [0, 0.1) is 0 Å². The normalized spacial score (nSPS) is 10.2. The number of phenols is 1. The van der Waals surface area contributed by atoms with Crippen molar-refractivity contribution in [2.45, 2.75) is 0 Å². The van der Waals surface area contributed by atoms with Crippen molar-refractivity contribution in [1.29, 1.82) is 0 Å². The van der Waals surface area contributed by atoms with Crippen LogP contribution in [0.5, 0.6) is 5.75 Å². The van der Waals surface area contributed by atoms with Crippen molar-refractivity contribution in [3.8, 4) is 5.75 Å². The number of hydrogen-bond acceptors (Lipinski definition) is 2. The lowest BCUT2D eigenvalue weighted by molar-refractivity contribution is 0.481. The fourth-order valence-corrected chi connectivity index (χ4v) is 2.11. The number of aromatic hydroxyl groups is 1. The Hall–Kier alpha value is -2.74. The van der Waals surface area contributed by atoms with Gasteiger partial charge in [-0.15, -0.1) is 0 Å². The van der Waals surface area contributed by atoms with Crippen molar-refractivity contribution < 1.29 is 9.52 Å². The second-order valence-corrected chi connectivity index (χ2v) is 4.46. The van der Waals surface area contributed by atoms with Gasteiger partial charge in [0.1, 0.15) is 11.3 Å². The van der Waals surface area contributed by atoms with Crippen molar-refractivity contribution >= 4 is 21.7 Å². The summed E-state index contributed by atoms with van der Waals surface area (Å²) in [6.45, 7) is 0. The molecule has 0 fully saturated rings. The van der Waals surface area contributed by atoms with E-state index >= 15 is 0 Å². The number of para-hydroxylation sites is 1. The van der Waals surface area contributed by atoms with Crippen LogP contribution in [0.3, 0.4) is 0 Å². The van der Waals surface area contributed by atoms with Crippen LogP contribution in [0.15, 0.2) is 83.5 Å². The highest BCUT2D eigenvalue weighted by Gasteiger charge is 1.94. The smallest absolute Gasteiger partial charge is 0.133 e. The van der Waals surface area contributed by atoms with Gasteiger partial charge in [0.05, 0.1) is 6.26 Å². The third-order valence-electron chi connectivity index (χ3n) is 3.13. The third kappa shape index (κ3) is 2.50. The first kappa shape index (κ1) is 12.3. The second-order valence-electron chi connectivity index (χ2n) is 4.46. The minimum atomic E-state index is 0.350. The molecule has 0 radical (unpaired) electrons. The van der Waals surface area contributed by atoms with Gasteiger partial charge < -0.3 is 9.52 Å². The lowest BCUT2D eigenvalue weighted by atomic mass is 10.1. The van der Waals surface area contributed by atoms with E-state index in [4.69, 9.17) is 4.42 Å². The summed E-state index contributed by atoms with van der Waals surface area (Å²) >= 11 is 0. The lowest BCUT2D eigenvalue weighted by Gasteiger charge is -1.97. The van der Waals surface area contributed by atoms with Crippen LogP contribution >= 0.6 is 0 Å². The molecule has 0 saturated heterocycles. The third-order valence-corrected chi connectivity index (χ3v) is 3.13. The molecule has 4 rings (SSSR count). The van der Waals surface area contributed by atoms with Crippen molar-refractivity contribution in [2.24, 2.45) is 0 Å². The molecule has 0 aliphatic rings. The number of hydrogen-bond donors (Lipinski definition) is 1. The molecule has 2 heteroatoms. The Balaban J connectivity index is 0.000000123. The predicted octanol–water partition coefficient (Wildman–Crippen LogP) is 4.98. The summed E-state index contributed by atoms with van der Waals surface area (Å²) < 4.78 is 5.12. The van der Waals surface area contributed by atoms with Crippen LogP contribution in [-0.2, 0) is 0 Å². The summed E-state index contributed by atoms with van der Waals surface area (Å²) in [7, 11) is 0. The van der Waals surface area contributed by atoms with Crippen LogP contribution < -0.4 is 0 Å². The lowest BCUT2D eigenvalue weighted by Crippen LogP contribution is -1.70. The molecule has 0 saturated carbocycles. The summed E-state index contributed by atoms with van der Waals surface area (Å²) in [6.07, 6.45) is 1.70. The first-order valence-corrected chi connectivity index (χ1v) is 6.43. The topological polar surface area (TPSA) is 33.4 Å². The van der Waals surface area contributed by atoms with Gasteiger partial charge in [-0.2, -0.15) is 0 Å². The molecular weight excluding hydrogens is 248 g/mol. The van der Waals surface area contributed by atoms with Gasteiger partial charge in [-0.25, -0.2) is 0 Å². The summed E-state index contributed by atoms with van der Waals surface area (Å²) in [6, 6.07) is 23.2. The minimum Gasteiger partial charge on any atom is -0.507 e. The largest absolute Gasteiger partial charge is 0.507 e. The molecule has 0 aliphatic heterocycles. The fourth-order valence-electron chi connectivity index (χ4n) is 2.11. The average molecular weight is 262 g/mol. The maximum Gasteiger partial charge on any atom is 0.133 e. The van der Waals surface area contributed by atoms with E-state index in [9.17, 15) is 5.11 Å². The summed E-state index contributed by atoms with van der Waals surface area (Å²) in [5, 5.41) is 12.5. The van der Waals surface area contributed by atoms with Crippen molar-refractivity contribution in [1.82, 2.24) is 0 Å². The zero-order valence-corrected chi connectivity index (χ0v) is 10.9. The van der Waals surface area contributed by atoms with Gasteiger partial charge in [-0.05, 0) is 23.6 Å². The van der Waals surface area contributed by atoms with E-state index in [0.717, 1.165) is 21.7 Å². The Morgan fingerprint density at radius 3 is 2.15 bits per heavy atom. The number of rotatable bonds is 0. The molecule has 0 unspecified atom stereocenters. The van der Waals surface area contributed by atoms with Gasteiger partial charge in [0.2, 0.25) is 0 Å². The van der Waals surface area contributed by atoms with Crippen LogP contribution in [-0.4, -0.2) is 5.11 Å². The molecule has 1 heterocycles. The standard InChI is InChI=1S/C10H8O.C8H6O/c11-10-7-3-5-8-4-1-2-6-9(8)10;1-2-4-8-7(3-1)5-6-9-8/h1-7,11H;1-6H. The highest BCUT2D eigenvalue weighted by molar-refractivity contribution is 5.87. The predicted molar refractivity (Wildman–Crippen MR) is 81.8 cm³/mol. The van der Waals surface area contributed by atoms with E-state index in [2.05, 4.69) is 0 Å². The summed E-state index contributed by atoms with van der Waals surface area (Å²) in [5.41, 5.74) is 0.956. The highest BCUT2D eigenvalue weighted by atomic mass is 16.3. The Labute approximate surface area is 116 Å². The van der Waals surface area contributed by atoms with E-state index < -0.39 is 0 Å². The van der Waals surface area contributed by atoms with Crippen LogP contribution in [0.1, 0.15) is 0 Å². The monoisotopic (exact) mass is 262 g/mol. The molecule has 1 N–H and O–H groups in total. The quantitative estimate of drug-likeness (QED) is 0.485. The van der Waals surface area contributed by atoms with E-state index in [-0.39, 0.29) is 0 Å². The van der Waals surface area contributed by atoms with E-state index in [1.807, 2.05) is 66.7 Å². The van der Waals surface area contributed by atoms with Crippen LogP contribution in [0.2, 0.25) is 0 Å². The van der Waals surface area contributed by atoms with E-state index in [1.54, 1.807) is 12.3 Å². The summed E-state index contributed by atoms with van der Waals surface area (Å²) in [5.74, 6) is 0.350. The van der Waals surface area contributed by atoms with Crippen LogP contribution in [0.25, 0.3) is 21.7 Å². The van der Waals surface area contributed by atoms with Crippen molar-refractivity contribution in [3.05, 3.63) is 79.1 Å². The Bertz CT molecular complexity index is 795. The van der Waals surface area contributed by atoms with Crippen molar-refractivity contribution in [2.75, 3.05) is 0 Å². The Morgan fingerprint density at radius 2 is 1.35 bits per heavy atom. The number of furan rings is 1. The van der Waals surface area contributed by atoms with Crippen molar-refractivity contribution in [3.63, 3.8) is 0 Å². The molecule has 0 amide bonds. The highest BCUT2D eigenvalue weighted by Crippen LogP contribution is 2.22. The maximum atomic E-state index is 9.37. The molecule has 0 spiro atoms. The molecule has 0 atom stereocenters. The SMILES string of the molecule is Oc1cccc2ccccc12.c1ccc2occc2c1. The second kappa shape index (κ2) is 5.49. The molecule has 0 aliphatic carbocycles. The van der Waals surface area contributed by atoms with E-state index in [0.29, 0.717) is 5.75 Å². The minimum absolute atomic E-state index is 0.350. The van der Waals surface area contributed by atoms with Gasteiger partial charge in [-0.3, -0.25) is 0 Å². The molecule has 0 bridgehead atoms. The number of fused-ring (bicyclic) bond motifs is 2. The molecule has 2 nitrogen and oxygen atoms in total. The van der Waals surface area contributed by atoms with Gasteiger partial charge in [-0.1, -0.05) is 54.6 Å². The Morgan fingerprint density at radius 1 is 0.650 bits per heavy atom. The maximum absolute atomic E-state index is 9.37. The average Bonchev–Trinajstić information content (AvgIpc) is 2.97. The molecule has 1 aromatic heterocycles. The fraction of sp³-hybridized carbons (Fsp3) is 0. The van der Waals surface area contributed by atoms with Gasteiger partial charge in [0, 0.05) is 10.8 Å². The number of phenolic OH excluding ortho intramolecular Hbond substituents is 1. The molecule has 98 valence electrons. The van der Waals surface area contributed by atoms with Crippen LogP contribution in [0.4, 0.5) is 0 Å². The molecule has 3 aromatic carbocycles.